The molecule has 0 bridgehead atoms. The van der Waals surface area contributed by atoms with Crippen LogP contribution >= 0.6 is 0 Å². The molecule has 0 aromatic rings. The predicted octanol–water partition coefficient (Wildman–Crippen LogP) is -0.360. The van der Waals surface area contributed by atoms with Gasteiger partial charge in [-0.1, -0.05) is 0 Å². The summed E-state index contributed by atoms with van der Waals surface area (Å²) in [5.74, 6) is 0. The first-order valence-electron chi connectivity index (χ1n) is 2.52. The van der Waals surface area contributed by atoms with E-state index in [0.717, 1.165) is 6.26 Å². The maximum absolute atomic E-state index is 8.22. The fraction of sp³-hybridized carbons (Fsp3) is 0.600. The van der Waals surface area contributed by atoms with Gasteiger partial charge in [0.15, 0.2) is 0 Å². The van der Waals surface area contributed by atoms with Gasteiger partial charge in [-0.3, -0.25) is 0 Å². The van der Waals surface area contributed by atoms with Crippen molar-refractivity contribution in [1.29, 1.82) is 0 Å². The van der Waals surface area contributed by atoms with Gasteiger partial charge in [-0.2, -0.15) is 0 Å². The summed E-state index contributed by atoms with van der Waals surface area (Å²) in [6.07, 6.45) is 2.54. The number of rotatable bonds is 4. The van der Waals surface area contributed by atoms with Gasteiger partial charge in [-0.25, -0.2) is 0 Å². The summed E-state index contributed by atoms with van der Waals surface area (Å²) in [4.78, 5) is 0. The SMILES string of the molecule is OC=CCNCCO. The van der Waals surface area contributed by atoms with Gasteiger partial charge in [0.2, 0.25) is 0 Å². The summed E-state index contributed by atoms with van der Waals surface area (Å²) in [5, 5.41) is 19.1. The summed E-state index contributed by atoms with van der Waals surface area (Å²) in [7, 11) is 0. The molecule has 0 spiro atoms. The normalized spacial score (nSPS) is 10.6. The van der Waals surface area contributed by atoms with Crippen molar-refractivity contribution in [2.75, 3.05) is 19.7 Å². The van der Waals surface area contributed by atoms with Crippen LogP contribution in [0.4, 0.5) is 0 Å². The largest absolute Gasteiger partial charge is 0.516 e. The van der Waals surface area contributed by atoms with Crippen LogP contribution in [0.15, 0.2) is 12.3 Å². The lowest BCUT2D eigenvalue weighted by atomic mass is 10.6. The Labute approximate surface area is 48.6 Å². The molecule has 0 aromatic heterocycles. The summed E-state index contributed by atoms with van der Waals surface area (Å²) < 4.78 is 0. The van der Waals surface area contributed by atoms with Crippen molar-refractivity contribution in [1.82, 2.24) is 5.32 Å². The third-order valence-electron chi connectivity index (χ3n) is 0.656. The Morgan fingerprint density at radius 3 is 2.75 bits per heavy atom. The van der Waals surface area contributed by atoms with Gasteiger partial charge in [0, 0.05) is 13.1 Å². The maximum atomic E-state index is 8.22. The molecule has 0 saturated carbocycles. The van der Waals surface area contributed by atoms with Crippen molar-refractivity contribution in [2.24, 2.45) is 0 Å². The lowest BCUT2D eigenvalue weighted by Gasteiger charge is -1.93. The molecule has 0 unspecified atom stereocenters. The van der Waals surface area contributed by atoms with Crippen LogP contribution in [0.2, 0.25) is 0 Å². The molecule has 8 heavy (non-hydrogen) atoms. The molecule has 0 radical (unpaired) electrons. The summed E-state index contributed by atoms with van der Waals surface area (Å²) >= 11 is 0. The standard InChI is InChI=1S/C5H11NO2/c7-4-1-2-6-3-5-8/h1,4,6-8H,2-3,5H2. The highest BCUT2D eigenvalue weighted by molar-refractivity contribution is 4.73. The fourth-order valence-corrected chi connectivity index (χ4v) is 0.317. The lowest BCUT2D eigenvalue weighted by Crippen LogP contribution is -2.17. The second-order valence-electron chi connectivity index (χ2n) is 1.31. The second kappa shape index (κ2) is 6.46. The van der Waals surface area contributed by atoms with Gasteiger partial charge in [0.1, 0.15) is 0 Å². The Morgan fingerprint density at radius 2 is 2.25 bits per heavy atom. The molecule has 0 saturated heterocycles. The Bertz CT molecular complexity index is 63.4. The smallest absolute Gasteiger partial charge is 0.0764 e. The Balaban J connectivity index is 2.72. The Kier molecular flexibility index (Phi) is 6.02. The van der Waals surface area contributed by atoms with E-state index < -0.39 is 0 Å². The first-order valence-corrected chi connectivity index (χ1v) is 2.52. The van der Waals surface area contributed by atoms with Crippen molar-refractivity contribution >= 4 is 0 Å². The van der Waals surface area contributed by atoms with Crippen molar-refractivity contribution in [3.8, 4) is 0 Å². The van der Waals surface area contributed by atoms with Crippen molar-refractivity contribution in [3.05, 3.63) is 12.3 Å². The molecule has 0 aliphatic carbocycles. The van der Waals surface area contributed by atoms with Gasteiger partial charge in [0.05, 0.1) is 12.9 Å². The molecule has 0 aliphatic rings. The number of hydrogen-bond donors (Lipinski definition) is 3. The lowest BCUT2D eigenvalue weighted by molar-refractivity contribution is 0.294. The van der Waals surface area contributed by atoms with E-state index in [1.165, 1.54) is 0 Å². The molecule has 0 amide bonds. The quantitative estimate of drug-likeness (QED) is 0.348. The third kappa shape index (κ3) is 5.46. The van der Waals surface area contributed by atoms with E-state index in [9.17, 15) is 0 Å². The van der Waals surface area contributed by atoms with E-state index >= 15 is 0 Å². The van der Waals surface area contributed by atoms with Crippen LogP contribution in [0.5, 0.6) is 0 Å². The van der Waals surface area contributed by atoms with E-state index in [1.807, 2.05) is 0 Å². The minimum absolute atomic E-state index is 0.138. The highest BCUT2D eigenvalue weighted by Gasteiger charge is 1.76. The Morgan fingerprint density at radius 1 is 1.50 bits per heavy atom. The van der Waals surface area contributed by atoms with Gasteiger partial charge < -0.3 is 15.5 Å². The molecular formula is C5H11NO2. The molecule has 0 rings (SSSR count). The van der Waals surface area contributed by atoms with Crippen LogP contribution in [-0.4, -0.2) is 29.9 Å². The third-order valence-corrected chi connectivity index (χ3v) is 0.656. The van der Waals surface area contributed by atoms with Crippen LogP contribution < -0.4 is 5.32 Å². The first kappa shape index (κ1) is 7.46. The fourth-order valence-electron chi connectivity index (χ4n) is 0.317. The molecule has 0 aromatic carbocycles. The van der Waals surface area contributed by atoms with E-state index in [1.54, 1.807) is 6.08 Å². The molecule has 0 aliphatic heterocycles. The minimum atomic E-state index is 0.138. The highest BCUT2D eigenvalue weighted by atomic mass is 16.3. The molecule has 48 valence electrons. The predicted molar refractivity (Wildman–Crippen MR) is 31.7 cm³/mol. The second-order valence-corrected chi connectivity index (χ2v) is 1.31. The van der Waals surface area contributed by atoms with Crippen LogP contribution in [0.1, 0.15) is 0 Å². The summed E-state index contributed by atoms with van der Waals surface area (Å²) in [6, 6.07) is 0. The van der Waals surface area contributed by atoms with Crippen molar-refractivity contribution in [3.63, 3.8) is 0 Å². The topological polar surface area (TPSA) is 52.5 Å². The molecule has 0 fully saturated rings. The summed E-state index contributed by atoms with van der Waals surface area (Å²) in [6.45, 7) is 1.32. The van der Waals surface area contributed by atoms with Gasteiger partial charge >= 0.3 is 0 Å². The molecule has 3 heteroatoms. The monoisotopic (exact) mass is 117 g/mol. The average Bonchev–Trinajstić information content (AvgIpc) is 1.81. The van der Waals surface area contributed by atoms with E-state index in [0.29, 0.717) is 13.1 Å². The molecular weight excluding hydrogens is 106 g/mol. The number of aliphatic hydroxyl groups is 2. The van der Waals surface area contributed by atoms with Crippen LogP contribution in [-0.2, 0) is 0 Å². The van der Waals surface area contributed by atoms with Crippen LogP contribution in [0.25, 0.3) is 0 Å². The van der Waals surface area contributed by atoms with Crippen molar-refractivity contribution in [2.45, 2.75) is 0 Å². The van der Waals surface area contributed by atoms with Crippen molar-refractivity contribution < 1.29 is 10.2 Å². The van der Waals surface area contributed by atoms with Gasteiger partial charge in [0.25, 0.3) is 0 Å². The zero-order chi connectivity index (χ0) is 6.24. The first-order chi connectivity index (χ1) is 3.91. The van der Waals surface area contributed by atoms with E-state index in [2.05, 4.69) is 5.32 Å². The molecule has 3 nitrogen and oxygen atoms in total. The summed E-state index contributed by atoms with van der Waals surface area (Å²) in [5.41, 5.74) is 0. The zero-order valence-electron chi connectivity index (χ0n) is 4.67. The van der Waals surface area contributed by atoms with Crippen LogP contribution in [0.3, 0.4) is 0 Å². The van der Waals surface area contributed by atoms with Gasteiger partial charge in [-0.15, -0.1) is 0 Å². The van der Waals surface area contributed by atoms with Crippen LogP contribution in [0, 0.1) is 0 Å². The minimum Gasteiger partial charge on any atom is -0.516 e. The molecule has 0 heterocycles. The average molecular weight is 117 g/mol. The zero-order valence-corrected chi connectivity index (χ0v) is 4.67. The van der Waals surface area contributed by atoms with E-state index in [-0.39, 0.29) is 6.61 Å². The number of aliphatic hydroxyl groups excluding tert-OH is 2. The highest BCUT2D eigenvalue weighted by Crippen LogP contribution is 1.62. The molecule has 0 atom stereocenters. The maximum Gasteiger partial charge on any atom is 0.0764 e. The Hall–Kier alpha value is -0.540. The van der Waals surface area contributed by atoms with E-state index in [4.69, 9.17) is 10.2 Å². The number of nitrogens with one attached hydrogen (secondary N) is 1. The van der Waals surface area contributed by atoms with Gasteiger partial charge in [-0.05, 0) is 6.08 Å². The number of hydrogen-bond acceptors (Lipinski definition) is 3. The molecule has 3 N–H and O–H groups in total.